The number of hydrogen-bond acceptors (Lipinski definition) is 4. The Morgan fingerprint density at radius 2 is 1.65 bits per heavy atom. The first-order valence-electron chi connectivity index (χ1n) is 14.0. The standard InChI is InChI=1S/C33H40N2O2/c1-4-6-15-35(16-7-5-2)28-12-14-30-32(23-28)37-31-21-25(3)11-13-29(31)33(30)27-10-8-9-26(22-27)24-34-17-19-36-20-18-34/h8-14,21-23H,3-7,15-20,24H2,1-2H3. The number of morpholine rings is 1. The molecule has 4 heteroatoms. The first kappa shape index (κ1) is 25.6. The third-order valence-corrected chi connectivity index (χ3v) is 7.42. The van der Waals surface area contributed by atoms with Gasteiger partial charge in [0.15, 0.2) is 0 Å². The minimum absolute atomic E-state index is 0.818. The number of ether oxygens (including phenoxy) is 2. The van der Waals surface area contributed by atoms with Crippen molar-refractivity contribution in [1.82, 2.24) is 4.90 Å². The zero-order valence-corrected chi connectivity index (χ0v) is 22.5. The van der Waals surface area contributed by atoms with Crippen LogP contribution in [0.1, 0.15) is 56.2 Å². The summed E-state index contributed by atoms with van der Waals surface area (Å²) < 4.78 is 12.1. The third-order valence-electron chi connectivity index (χ3n) is 7.42. The number of unbranched alkanes of at least 4 members (excludes halogenated alkanes) is 2. The second kappa shape index (κ2) is 12.0. The van der Waals surface area contributed by atoms with Crippen molar-refractivity contribution in [3.63, 3.8) is 0 Å². The van der Waals surface area contributed by atoms with E-state index in [1.54, 1.807) is 0 Å². The number of hydrogen-bond donors (Lipinski definition) is 0. The molecule has 0 amide bonds. The van der Waals surface area contributed by atoms with Crippen LogP contribution in [0.4, 0.5) is 5.69 Å². The van der Waals surface area contributed by atoms with Crippen LogP contribution >= 0.6 is 0 Å². The molecule has 2 heterocycles. The van der Waals surface area contributed by atoms with Crippen molar-refractivity contribution < 1.29 is 9.47 Å². The molecule has 0 spiro atoms. The quantitative estimate of drug-likeness (QED) is 0.282. The molecule has 4 nitrogen and oxygen atoms in total. The lowest BCUT2D eigenvalue weighted by Gasteiger charge is -2.28. The molecule has 0 bridgehead atoms. The van der Waals surface area contributed by atoms with Gasteiger partial charge < -0.3 is 14.4 Å². The Kier molecular flexibility index (Phi) is 8.28. The van der Waals surface area contributed by atoms with Crippen molar-refractivity contribution in [3.8, 4) is 11.5 Å². The summed E-state index contributed by atoms with van der Waals surface area (Å²) in [5.41, 5.74) is 6.20. The second-order valence-corrected chi connectivity index (χ2v) is 10.3. The number of rotatable bonds is 10. The maximum Gasteiger partial charge on any atom is 0.137 e. The Balaban J connectivity index is 1.55. The lowest BCUT2D eigenvalue weighted by molar-refractivity contribution is 0.0342. The molecule has 0 unspecified atom stereocenters. The molecule has 0 N–H and O–H groups in total. The topological polar surface area (TPSA) is 24.9 Å². The first-order valence-corrected chi connectivity index (χ1v) is 14.0. The molecule has 3 aromatic carbocycles. The van der Waals surface area contributed by atoms with Gasteiger partial charge in [-0.2, -0.15) is 0 Å². The van der Waals surface area contributed by atoms with Crippen LogP contribution in [0.5, 0.6) is 11.5 Å². The Hall–Kier alpha value is -3.08. The van der Waals surface area contributed by atoms with Gasteiger partial charge in [0.05, 0.1) is 13.2 Å². The van der Waals surface area contributed by atoms with Gasteiger partial charge in [-0.1, -0.05) is 63.6 Å². The highest BCUT2D eigenvalue weighted by Gasteiger charge is 2.22. The maximum absolute atomic E-state index is 6.55. The van der Waals surface area contributed by atoms with Crippen molar-refractivity contribution in [2.45, 2.75) is 46.1 Å². The van der Waals surface area contributed by atoms with Crippen LogP contribution in [0.2, 0.25) is 0 Å². The van der Waals surface area contributed by atoms with Gasteiger partial charge in [-0.15, -0.1) is 0 Å². The molecule has 1 fully saturated rings. The lowest BCUT2D eigenvalue weighted by atomic mass is 9.91. The summed E-state index contributed by atoms with van der Waals surface area (Å²) in [4.78, 5) is 4.99. The fourth-order valence-corrected chi connectivity index (χ4v) is 5.34. The fourth-order valence-electron chi connectivity index (χ4n) is 5.34. The number of fused-ring (bicyclic) bond motifs is 2. The first-order chi connectivity index (χ1) is 18.2. The fraction of sp³-hybridized carbons (Fsp3) is 0.394. The van der Waals surface area contributed by atoms with Crippen LogP contribution in [0, 0.1) is 0 Å². The molecule has 194 valence electrons. The van der Waals surface area contributed by atoms with E-state index >= 15 is 0 Å². The molecular formula is C33H40N2O2. The molecule has 37 heavy (non-hydrogen) atoms. The largest absolute Gasteiger partial charge is 0.456 e. The van der Waals surface area contributed by atoms with E-state index in [0.29, 0.717) is 0 Å². The molecule has 0 saturated carbocycles. The van der Waals surface area contributed by atoms with E-state index in [4.69, 9.17) is 9.47 Å². The summed E-state index contributed by atoms with van der Waals surface area (Å²) in [5, 5.41) is 2.09. The average molecular weight is 497 g/mol. The molecule has 0 atom stereocenters. The zero-order chi connectivity index (χ0) is 25.6. The van der Waals surface area contributed by atoms with E-state index in [0.717, 1.165) is 73.4 Å². The van der Waals surface area contributed by atoms with E-state index in [9.17, 15) is 0 Å². The summed E-state index contributed by atoms with van der Waals surface area (Å²) in [5.74, 6) is 1.82. The smallest absolute Gasteiger partial charge is 0.137 e. The highest BCUT2D eigenvalue weighted by molar-refractivity contribution is 5.86. The highest BCUT2D eigenvalue weighted by atomic mass is 16.5. The van der Waals surface area contributed by atoms with Crippen LogP contribution < -0.4 is 20.1 Å². The number of nitrogens with zero attached hydrogens (tertiary/aromatic N) is 2. The predicted molar refractivity (Wildman–Crippen MR) is 154 cm³/mol. The van der Waals surface area contributed by atoms with Gasteiger partial charge in [-0.3, -0.25) is 4.90 Å². The second-order valence-electron chi connectivity index (χ2n) is 10.3. The third kappa shape index (κ3) is 5.92. The van der Waals surface area contributed by atoms with E-state index < -0.39 is 0 Å². The van der Waals surface area contributed by atoms with Gasteiger partial charge in [-0.05, 0) is 53.5 Å². The van der Waals surface area contributed by atoms with Crippen molar-refractivity contribution in [1.29, 1.82) is 0 Å². The van der Waals surface area contributed by atoms with Gasteiger partial charge in [0.1, 0.15) is 11.5 Å². The molecule has 2 aliphatic rings. The summed E-state index contributed by atoms with van der Waals surface area (Å²) in [6.07, 6.45) is 4.79. The average Bonchev–Trinajstić information content (AvgIpc) is 2.92. The molecule has 0 radical (unpaired) electrons. The lowest BCUT2D eigenvalue weighted by Crippen LogP contribution is -2.35. The highest BCUT2D eigenvalue weighted by Crippen LogP contribution is 2.38. The van der Waals surface area contributed by atoms with Crippen LogP contribution in [-0.2, 0) is 11.3 Å². The normalized spacial score (nSPS) is 15.1. The van der Waals surface area contributed by atoms with Gasteiger partial charge in [0, 0.05) is 60.8 Å². The molecular weight excluding hydrogens is 456 g/mol. The Labute approximate surface area is 221 Å². The molecule has 0 aromatic heterocycles. The van der Waals surface area contributed by atoms with Crippen LogP contribution in [-0.4, -0.2) is 44.3 Å². The van der Waals surface area contributed by atoms with Gasteiger partial charge in [0.25, 0.3) is 0 Å². The van der Waals surface area contributed by atoms with Gasteiger partial charge in [0.2, 0.25) is 0 Å². The minimum atomic E-state index is 0.818. The molecule has 2 aliphatic heterocycles. The van der Waals surface area contributed by atoms with E-state index in [1.165, 1.54) is 48.1 Å². The minimum Gasteiger partial charge on any atom is -0.456 e. The summed E-state index contributed by atoms with van der Waals surface area (Å²) in [6.45, 7) is 15.4. The van der Waals surface area contributed by atoms with Crippen LogP contribution in [0.3, 0.4) is 0 Å². The van der Waals surface area contributed by atoms with Crippen LogP contribution in [0.25, 0.3) is 12.2 Å². The summed E-state index contributed by atoms with van der Waals surface area (Å²) in [7, 11) is 0. The van der Waals surface area contributed by atoms with E-state index in [1.807, 2.05) is 0 Å². The maximum atomic E-state index is 6.55. The van der Waals surface area contributed by atoms with Crippen molar-refractivity contribution in [2.24, 2.45) is 0 Å². The Morgan fingerprint density at radius 1 is 0.865 bits per heavy atom. The van der Waals surface area contributed by atoms with Crippen molar-refractivity contribution in [3.05, 3.63) is 87.8 Å². The number of anilines is 1. The zero-order valence-electron chi connectivity index (χ0n) is 22.5. The SMILES string of the molecule is C=c1ccc2c(c1)Oc1cc(N(CCCC)CCCC)ccc1C=2c1cccc(CN2CCOCC2)c1. The monoisotopic (exact) mass is 496 g/mol. The summed E-state index contributed by atoms with van der Waals surface area (Å²) in [6, 6.07) is 22.1. The molecule has 0 aliphatic carbocycles. The molecule has 5 rings (SSSR count). The van der Waals surface area contributed by atoms with Crippen LogP contribution in [0.15, 0.2) is 60.7 Å². The van der Waals surface area contributed by atoms with Crippen molar-refractivity contribution in [2.75, 3.05) is 44.3 Å². The Bertz CT molecular complexity index is 1320. The van der Waals surface area contributed by atoms with Gasteiger partial charge >= 0.3 is 0 Å². The molecule has 1 saturated heterocycles. The predicted octanol–water partition coefficient (Wildman–Crippen LogP) is 5.69. The van der Waals surface area contributed by atoms with Gasteiger partial charge in [-0.25, -0.2) is 0 Å². The Morgan fingerprint density at radius 3 is 2.41 bits per heavy atom. The number of benzene rings is 3. The van der Waals surface area contributed by atoms with Crippen molar-refractivity contribution >= 4 is 17.8 Å². The molecule has 3 aromatic rings. The van der Waals surface area contributed by atoms with E-state index in [2.05, 4.69) is 90.9 Å². The summed E-state index contributed by atoms with van der Waals surface area (Å²) >= 11 is 0. The van der Waals surface area contributed by atoms with E-state index in [-0.39, 0.29) is 0 Å².